The van der Waals surface area contributed by atoms with E-state index in [9.17, 15) is 0 Å². The fourth-order valence-electron chi connectivity index (χ4n) is 6.83. The van der Waals surface area contributed by atoms with Crippen LogP contribution in [0.4, 0.5) is 0 Å². The fourth-order valence-corrected chi connectivity index (χ4v) is 7.99. The Kier molecular flexibility index (Phi) is 8.09. The number of aromatic nitrogens is 4. The first kappa shape index (κ1) is 32.4. The highest BCUT2D eigenvalue weighted by molar-refractivity contribution is 6.88. The smallest absolute Gasteiger partial charge is 0.164 e. The maximum absolute atomic E-state index is 6.24. The van der Waals surface area contributed by atoms with Crippen molar-refractivity contribution in [1.29, 1.82) is 0 Å². The number of pyridine rings is 1. The van der Waals surface area contributed by atoms with Crippen LogP contribution in [0.25, 0.3) is 89.5 Å². The van der Waals surface area contributed by atoms with Gasteiger partial charge >= 0.3 is 0 Å². The molecule has 0 aliphatic heterocycles. The lowest BCUT2D eigenvalue weighted by atomic mass is 9.97. The van der Waals surface area contributed by atoms with Crippen molar-refractivity contribution in [2.24, 2.45) is 0 Å². The van der Waals surface area contributed by atoms with Crippen molar-refractivity contribution in [3.05, 3.63) is 164 Å². The monoisotopic (exact) mass is 700 g/mol. The van der Waals surface area contributed by atoms with Gasteiger partial charge in [-0.3, -0.25) is 4.98 Å². The molecule has 9 rings (SSSR count). The Bertz CT molecular complexity index is 2730. The number of rotatable bonds is 7. The van der Waals surface area contributed by atoms with Gasteiger partial charge < -0.3 is 4.42 Å². The van der Waals surface area contributed by atoms with Gasteiger partial charge in [0.05, 0.1) is 8.07 Å². The molecule has 0 saturated carbocycles. The number of furan rings is 1. The van der Waals surface area contributed by atoms with Gasteiger partial charge in [-0.1, -0.05) is 146 Å². The molecule has 0 N–H and O–H groups in total. The minimum Gasteiger partial charge on any atom is -0.456 e. The molecular formula is C47H36N4OSi. The molecule has 6 heteroatoms. The van der Waals surface area contributed by atoms with Gasteiger partial charge in [0, 0.05) is 39.9 Å². The van der Waals surface area contributed by atoms with Crippen molar-refractivity contribution < 1.29 is 4.42 Å². The van der Waals surface area contributed by atoms with Crippen molar-refractivity contribution in [2.45, 2.75) is 19.6 Å². The zero-order valence-corrected chi connectivity index (χ0v) is 30.8. The molecule has 5 nitrogen and oxygen atoms in total. The highest BCUT2D eigenvalue weighted by Crippen LogP contribution is 2.34. The lowest BCUT2D eigenvalue weighted by Crippen LogP contribution is -2.37. The molecule has 0 spiro atoms. The van der Waals surface area contributed by atoms with Crippen LogP contribution in [0.1, 0.15) is 0 Å². The minimum absolute atomic E-state index is 0.605. The molecule has 3 aromatic heterocycles. The summed E-state index contributed by atoms with van der Waals surface area (Å²) in [6.45, 7) is 7.07. The Hall–Kier alpha value is -6.50. The summed E-state index contributed by atoms with van der Waals surface area (Å²) in [5.41, 5.74) is 11.3. The molecule has 53 heavy (non-hydrogen) atoms. The molecule has 0 saturated heterocycles. The largest absolute Gasteiger partial charge is 0.456 e. The second kappa shape index (κ2) is 13.2. The van der Waals surface area contributed by atoms with E-state index in [1.165, 1.54) is 10.8 Å². The zero-order valence-electron chi connectivity index (χ0n) is 29.8. The number of benzene rings is 6. The number of para-hydroxylation sites is 1. The van der Waals surface area contributed by atoms with Crippen molar-refractivity contribution in [1.82, 2.24) is 19.9 Å². The van der Waals surface area contributed by atoms with Crippen LogP contribution in [0.2, 0.25) is 19.6 Å². The van der Waals surface area contributed by atoms with Crippen LogP contribution in [-0.2, 0) is 0 Å². The third-order valence-electron chi connectivity index (χ3n) is 9.83. The third kappa shape index (κ3) is 6.45. The molecular weight excluding hydrogens is 665 g/mol. The number of nitrogens with zero attached hydrogens (tertiary/aromatic N) is 4. The first-order valence-corrected chi connectivity index (χ1v) is 21.4. The Balaban J connectivity index is 1.07. The molecule has 0 unspecified atom stereocenters. The first-order valence-electron chi connectivity index (χ1n) is 17.9. The Morgan fingerprint density at radius 2 is 0.906 bits per heavy atom. The lowest BCUT2D eigenvalue weighted by Gasteiger charge is -2.16. The highest BCUT2D eigenvalue weighted by atomic mass is 28.3. The first-order chi connectivity index (χ1) is 25.9. The predicted octanol–water partition coefficient (Wildman–Crippen LogP) is 11.7. The molecule has 0 radical (unpaired) electrons. The number of fused-ring (bicyclic) bond motifs is 3. The molecule has 9 aromatic rings. The van der Waals surface area contributed by atoms with Crippen LogP contribution in [-0.4, -0.2) is 28.0 Å². The van der Waals surface area contributed by atoms with E-state index in [4.69, 9.17) is 19.4 Å². The van der Waals surface area contributed by atoms with E-state index in [1.54, 1.807) is 6.20 Å². The molecule has 0 amide bonds. The van der Waals surface area contributed by atoms with Gasteiger partial charge in [-0.2, -0.15) is 0 Å². The molecule has 0 fully saturated rings. The van der Waals surface area contributed by atoms with Crippen LogP contribution in [0.15, 0.2) is 168 Å². The quantitative estimate of drug-likeness (QED) is 0.155. The standard InChI is InChI=1S/C47H36N4OSi/c1-53(2,3)40-24-21-35(22-25-40)46-49-45(50-47(51-46)38-23-26-42-41-11-4-5-12-43(41)52-44(42)29-38)34-19-17-32(18-20-34)37-9-6-8-36(28-37)31-13-15-33(16-14-31)39-10-7-27-48-30-39/h4-30H,1-3H3. The summed E-state index contributed by atoms with van der Waals surface area (Å²) in [4.78, 5) is 19.4. The molecule has 6 aromatic carbocycles. The highest BCUT2D eigenvalue weighted by Gasteiger charge is 2.18. The summed E-state index contributed by atoms with van der Waals surface area (Å²) in [6, 6.07) is 52.9. The predicted molar refractivity (Wildman–Crippen MR) is 220 cm³/mol. The molecule has 0 bridgehead atoms. The number of hydrogen-bond acceptors (Lipinski definition) is 5. The van der Waals surface area contributed by atoms with E-state index < -0.39 is 8.07 Å². The van der Waals surface area contributed by atoms with Crippen molar-refractivity contribution in [3.8, 4) is 67.5 Å². The normalized spacial score (nSPS) is 11.7. The van der Waals surface area contributed by atoms with E-state index in [-0.39, 0.29) is 0 Å². The van der Waals surface area contributed by atoms with Crippen molar-refractivity contribution in [2.75, 3.05) is 0 Å². The van der Waals surface area contributed by atoms with Crippen LogP contribution < -0.4 is 5.19 Å². The van der Waals surface area contributed by atoms with E-state index in [0.29, 0.717) is 17.5 Å². The van der Waals surface area contributed by atoms with Gasteiger partial charge in [0.15, 0.2) is 17.5 Å². The average Bonchev–Trinajstić information content (AvgIpc) is 3.59. The second-order valence-corrected chi connectivity index (χ2v) is 19.5. The fraction of sp³-hybridized carbons (Fsp3) is 0.0638. The van der Waals surface area contributed by atoms with Crippen LogP contribution >= 0.6 is 0 Å². The van der Waals surface area contributed by atoms with E-state index in [2.05, 4.69) is 146 Å². The zero-order chi connectivity index (χ0) is 35.9. The minimum atomic E-state index is -1.46. The summed E-state index contributed by atoms with van der Waals surface area (Å²) >= 11 is 0. The van der Waals surface area contributed by atoms with Gasteiger partial charge in [0.1, 0.15) is 11.2 Å². The van der Waals surface area contributed by atoms with Crippen LogP contribution in [0, 0.1) is 0 Å². The second-order valence-electron chi connectivity index (χ2n) is 14.4. The van der Waals surface area contributed by atoms with Gasteiger partial charge in [-0.15, -0.1) is 0 Å². The summed E-state index contributed by atoms with van der Waals surface area (Å²) in [7, 11) is -1.46. The van der Waals surface area contributed by atoms with Crippen LogP contribution in [0.3, 0.4) is 0 Å². The molecule has 0 atom stereocenters. The maximum atomic E-state index is 6.24. The lowest BCUT2D eigenvalue weighted by molar-refractivity contribution is 0.669. The van der Waals surface area contributed by atoms with Crippen molar-refractivity contribution in [3.63, 3.8) is 0 Å². The SMILES string of the molecule is C[Si](C)(C)c1ccc(-c2nc(-c3ccc(-c4cccc(-c5ccc(-c6cccnc6)cc5)c4)cc3)nc(-c3ccc4c(c3)oc3ccccc34)n2)cc1. The van der Waals surface area contributed by atoms with Gasteiger partial charge in [0.25, 0.3) is 0 Å². The Morgan fingerprint density at radius 3 is 1.51 bits per heavy atom. The number of hydrogen-bond donors (Lipinski definition) is 0. The summed E-state index contributed by atoms with van der Waals surface area (Å²) < 4.78 is 6.24. The van der Waals surface area contributed by atoms with Crippen LogP contribution in [0.5, 0.6) is 0 Å². The molecule has 254 valence electrons. The van der Waals surface area contributed by atoms with E-state index in [1.807, 2.05) is 36.5 Å². The Labute approximate surface area is 309 Å². The molecule has 0 aliphatic carbocycles. The summed E-state index contributed by atoms with van der Waals surface area (Å²) in [6.07, 6.45) is 3.69. The molecule has 3 heterocycles. The van der Waals surface area contributed by atoms with Gasteiger partial charge in [0.2, 0.25) is 0 Å². The Morgan fingerprint density at radius 1 is 0.396 bits per heavy atom. The topological polar surface area (TPSA) is 64.7 Å². The maximum Gasteiger partial charge on any atom is 0.164 e. The summed E-state index contributed by atoms with van der Waals surface area (Å²) in [5.74, 6) is 1.87. The third-order valence-corrected chi connectivity index (χ3v) is 11.9. The summed E-state index contributed by atoms with van der Waals surface area (Å²) in [5, 5.41) is 3.56. The van der Waals surface area contributed by atoms with Gasteiger partial charge in [-0.25, -0.2) is 15.0 Å². The average molecular weight is 701 g/mol. The van der Waals surface area contributed by atoms with E-state index >= 15 is 0 Å². The van der Waals surface area contributed by atoms with Gasteiger partial charge in [-0.05, 0) is 63.7 Å². The molecule has 0 aliphatic rings. The van der Waals surface area contributed by atoms with E-state index in [0.717, 1.165) is 66.4 Å². The van der Waals surface area contributed by atoms with Crippen molar-refractivity contribution >= 4 is 35.2 Å².